The van der Waals surface area contributed by atoms with Crippen LogP contribution in [0, 0.1) is 19.3 Å². The zero-order valence-electron chi connectivity index (χ0n) is 9.98. The van der Waals surface area contributed by atoms with E-state index in [1.165, 1.54) is 11.1 Å². The summed E-state index contributed by atoms with van der Waals surface area (Å²) in [5.41, 5.74) is 3.92. The molecule has 0 atom stereocenters. The molecular formula is C13H19NO. The highest BCUT2D eigenvalue weighted by Crippen LogP contribution is 2.33. The van der Waals surface area contributed by atoms with E-state index in [9.17, 15) is 0 Å². The van der Waals surface area contributed by atoms with E-state index in [4.69, 9.17) is 4.74 Å². The quantitative estimate of drug-likeness (QED) is 0.702. The third-order valence-corrected chi connectivity index (χ3v) is 2.97. The molecule has 1 aromatic rings. The van der Waals surface area contributed by atoms with E-state index in [-0.39, 0.29) is 5.41 Å². The summed E-state index contributed by atoms with van der Waals surface area (Å²) in [6.45, 7) is 10.4. The molecule has 1 aliphatic heterocycles. The van der Waals surface area contributed by atoms with Gasteiger partial charge in [-0.2, -0.15) is 0 Å². The van der Waals surface area contributed by atoms with Crippen LogP contribution in [-0.2, 0) is 0 Å². The molecule has 0 aliphatic carbocycles. The van der Waals surface area contributed by atoms with Crippen LogP contribution in [0.1, 0.15) is 25.0 Å². The number of nitrogens with one attached hydrogen (secondary N) is 1. The van der Waals surface area contributed by atoms with Crippen LogP contribution in [0.3, 0.4) is 0 Å². The smallest absolute Gasteiger partial charge is 0.142 e. The maximum atomic E-state index is 5.84. The van der Waals surface area contributed by atoms with Gasteiger partial charge in [-0.15, -0.1) is 0 Å². The first kappa shape index (κ1) is 10.3. The van der Waals surface area contributed by atoms with Gasteiger partial charge in [0, 0.05) is 12.0 Å². The lowest BCUT2D eigenvalue weighted by molar-refractivity contribution is 0.200. The third kappa shape index (κ3) is 2.09. The van der Waals surface area contributed by atoms with Crippen molar-refractivity contribution in [1.29, 1.82) is 0 Å². The maximum absolute atomic E-state index is 5.84. The fourth-order valence-electron chi connectivity index (χ4n) is 1.71. The number of hydrogen-bond acceptors (Lipinski definition) is 2. The fourth-order valence-corrected chi connectivity index (χ4v) is 1.71. The lowest BCUT2D eigenvalue weighted by atomic mass is 9.95. The van der Waals surface area contributed by atoms with Crippen molar-refractivity contribution >= 4 is 5.69 Å². The van der Waals surface area contributed by atoms with Crippen LogP contribution >= 0.6 is 0 Å². The Labute approximate surface area is 91.6 Å². The lowest BCUT2D eigenvalue weighted by Gasteiger charge is -2.20. The van der Waals surface area contributed by atoms with Crippen LogP contribution in [-0.4, -0.2) is 13.2 Å². The van der Waals surface area contributed by atoms with Crippen molar-refractivity contribution in [3.05, 3.63) is 23.3 Å². The minimum atomic E-state index is 0.195. The summed E-state index contributed by atoms with van der Waals surface area (Å²) in [4.78, 5) is 0. The lowest BCUT2D eigenvalue weighted by Crippen LogP contribution is -2.27. The van der Waals surface area contributed by atoms with Crippen molar-refractivity contribution in [2.24, 2.45) is 5.41 Å². The van der Waals surface area contributed by atoms with Gasteiger partial charge < -0.3 is 10.1 Å². The number of fused-ring (bicyclic) bond motifs is 1. The molecule has 0 saturated heterocycles. The summed E-state index contributed by atoms with van der Waals surface area (Å²) in [6, 6.07) is 4.30. The first-order valence-corrected chi connectivity index (χ1v) is 5.46. The molecule has 0 unspecified atom stereocenters. The van der Waals surface area contributed by atoms with Crippen molar-refractivity contribution < 1.29 is 4.74 Å². The molecule has 0 aromatic heterocycles. The van der Waals surface area contributed by atoms with Gasteiger partial charge in [-0.1, -0.05) is 13.8 Å². The molecule has 1 N–H and O–H groups in total. The topological polar surface area (TPSA) is 21.3 Å². The van der Waals surface area contributed by atoms with Crippen molar-refractivity contribution in [3.8, 4) is 5.75 Å². The first-order valence-electron chi connectivity index (χ1n) is 5.46. The second kappa shape index (κ2) is 3.44. The van der Waals surface area contributed by atoms with Gasteiger partial charge in [-0.3, -0.25) is 0 Å². The van der Waals surface area contributed by atoms with Gasteiger partial charge in [0.15, 0.2) is 0 Å². The zero-order valence-corrected chi connectivity index (χ0v) is 9.98. The highest BCUT2D eigenvalue weighted by atomic mass is 16.5. The van der Waals surface area contributed by atoms with Crippen molar-refractivity contribution in [1.82, 2.24) is 0 Å². The number of benzene rings is 1. The van der Waals surface area contributed by atoms with Gasteiger partial charge in [-0.25, -0.2) is 0 Å². The molecule has 0 radical (unpaired) electrons. The minimum absolute atomic E-state index is 0.195. The second-order valence-electron chi connectivity index (χ2n) is 5.24. The highest BCUT2D eigenvalue weighted by Gasteiger charge is 2.23. The number of anilines is 1. The molecule has 1 aromatic carbocycles. The fraction of sp³-hybridized carbons (Fsp3) is 0.538. The normalized spacial score (nSPS) is 18.4. The van der Waals surface area contributed by atoms with Crippen LogP contribution in [0.2, 0.25) is 0 Å². The second-order valence-corrected chi connectivity index (χ2v) is 5.24. The summed E-state index contributed by atoms with van der Waals surface area (Å²) < 4.78 is 5.84. The van der Waals surface area contributed by atoms with Crippen molar-refractivity contribution in [2.45, 2.75) is 27.7 Å². The Balaban J connectivity index is 2.36. The van der Waals surface area contributed by atoms with E-state index in [0.717, 1.165) is 24.6 Å². The van der Waals surface area contributed by atoms with Gasteiger partial charge in [0.1, 0.15) is 5.75 Å². The number of aryl methyl sites for hydroxylation is 2. The SMILES string of the molecule is Cc1cc2c(cc1C)OCC(C)(C)CN2. The van der Waals surface area contributed by atoms with E-state index >= 15 is 0 Å². The molecule has 2 rings (SSSR count). The maximum Gasteiger partial charge on any atom is 0.142 e. The standard InChI is InChI=1S/C13H19NO/c1-9-5-11-12(6-10(9)2)15-8-13(3,4)7-14-11/h5-6,14H,7-8H2,1-4H3. The highest BCUT2D eigenvalue weighted by molar-refractivity contribution is 5.60. The first-order chi connectivity index (χ1) is 6.98. The third-order valence-electron chi connectivity index (χ3n) is 2.97. The Bertz CT molecular complexity index is 347. The molecular weight excluding hydrogens is 186 g/mol. The molecule has 82 valence electrons. The Morgan fingerprint density at radius 1 is 1.20 bits per heavy atom. The summed E-state index contributed by atoms with van der Waals surface area (Å²) in [5.74, 6) is 0.990. The Hall–Kier alpha value is -1.18. The number of rotatable bonds is 0. The molecule has 0 spiro atoms. The van der Waals surface area contributed by atoms with Crippen LogP contribution < -0.4 is 10.1 Å². The molecule has 0 fully saturated rings. The Morgan fingerprint density at radius 3 is 2.60 bits per heavy atom. The molecule has 1 heterocycles. The largest absolute Gasteiger partial charge is 0.491 e. The van der Waals surface area contributed by atoms with E-state index in [1.807, 2.05) is 0 Å². The van der Waals surface area contributed by atoms with Gasteiger partial charge in [0.25, 0.3) is 0 Å². The van der Waals surface area contributed by atoms with E-state index < -0.39 is 0 Å². The predicted molar refractivity (Wildman–Crippen MR) is 63.7 cm³/mol. The predicted octanol–water partition coefficient (Wildman–Crippen LogP) is 3.13. The number of ether oxygens (including phenoxy) is 1. The summed E-state index contributed by atoms with van der Waals surface area (Å²) in [7, 11) is 0. The monoisotopic (exact) mass is 205 g/mol. The van der Waals surface area contributed by atoms with E-state index in [0.29, 0.717) is 0 Å². The van der Waals surface area contributed by atoms with Crippen molar-refractivity contribution in [2.75, 3.05) is 18.5 Å². The van der Waals surface area contributed by atoms with Gasteiger partial charge in [-0.05, 0) is 37.1 Å². The van der Waals surface area contributed by atoms with Crippen LogP contribution in [0.4, 0.5) is 5.69 Å². The molecule has 0 amide bonds. The van der Waals surface area contributed by atoms with E-state index in [1.54, 1.807) is 0 Å². The molecule has 0 saturated carbocycles. The summed E-state index contributed by atoms with van der Waals surface area (Å²) >= 11 is 0. The summed E-state index contributed by atoms with van der Waals surface area (Å²) in [6.07, 6.45) is 0. The molecule has 2 nitrogen and oxygen atoms in total. The molecule has 0 bridgehead atoms. The number of hydrogen-bond donors (Lipinski definition) is 1. The Kier molecular flexibility index (Phi) is 2.37. The minimum Gasteiger partial charge on any atom is -0.491 e. The zero-order chi connectivity index (χ0) is 11.1. The molecule has 1 aliphatic rings. The molecule has 2 heteroatoms. The van der Waals surface area contributed by atoms with Crippen LogP contribution in [0.25, 0.3) is 0 Å². The summed E-state index contributed by atoms with van der Waals surface area (Å²) in [5, 5.41) is 3.46. The van der Waals surface area contributed by atoms with Crippen LogP contribution in [0.15, 0.2) is 12.1 Å². The van der Waals surface area contributed by atoms with Crippen molar-refractivity contribution in [3.63, 3.8) is 0 Å². The van der Waals surface area contributed by atoms with Gasteiger partial charge in [0.2, 0.25) is 0 Å². The van der Waals surface area contributed by atoms with E-state index in [2.05, 4.69) is 45.1 Å². The van der Waals surface area contributed by atoms with Crippen LogP contribution in [0.5, 0.6) is 5.75 Å². The average Bonchev–Trinajstić information content (AvgIpc) is 2.29. The average molecular weight is 205 g/mol. The Morgan fingerprint density at radius 2 is 1.87 bits per heavy atom. The van der Waals surface area contributed by atoms with Gasteiger partial charge in [0.05, 0.1) is 12.3 Å². The van der Waals surface area contributed by atoms with Gasteiger partial charge >= 0.3 is 0 Å². The molecule has 15 heavy (non-hydrogen) atoms.